The van der Waals surface area contributed by atoms with E-state index in [1.165, 1.54) is 12.1 Å². The average Bonchev–Trinajstić information content (AvgIpc) is 2.40. The lowest BCUT2D eigenvalue weighted by atomic mass is 10.1. The minimum absolute atomic E-state index is 0.0308. The van der Waals surface area contributed by atoms with Crippen molar-refractivity contribution in [3.63, 3.8) is 0 Å². The van der Waals surface area contributed by atoms with E-state index in [0.717, 1.165) is 11.1 Å². The highest BCUT2D eigenvalue weighted by atomic mass is 35.5. The highest BCUT2D eigenvalue weighted by molar-refractivity contribution is 6.32. The first kappa shape index (κ1) is 13.8. The Morgan fingerprint density at radius 2 is 2.05 bits per heavy atom. The van der Waals surface area contributed by atoms with Crippen LogP contribution in [0.4, 0.5) is 4.39 Å². The molecule has 2 rings (SSSR count). The fourth-order valence-electron chi connectivity index (χ4n) is 1.83. The number of aromatic hydroxyl groups is 1. The Balaban J connectivity index is 2.00. The molecule has 0 radical (unpaired) electrons. The molecular formula is C15H15ClFNO. The van der Waals surface area contributed by atoms with Crippen LogP contribution in [0.5, 0.6) is 5.75 Å². The van der Waals surface area contributed by atoms with E-state index in [1.54, 1.807) is 24.3 Å². The second-order valence-electron chi connectivity index (χ2n) is 4.44. The lowest BCUT2D eigenvalue weighted by Crippen LogP contribution is -2.18. The van der Waals surface area contributed by atoms with Gasteiger partial charge in [-0.05, 0) is 42.3 Å². The normalized spacial score (nSPS) is 12.4. The van der Waals surface area contributed by atoms with Crippen LogP contribution in [-0.4, -0.2) is 5.11 Å². The van der Waals surface area contributed by atoms with Gasteiger partial charge in [0.1, 0.15) is 11.6 Å². The third-order valence-electron chi connectivity index (χ3n) is 2.97. The molecule has 0 fully saturated rings. The molecule has 2 aromatic rings. The van der Waals surface area contributed by atoms with Crippen molar-refractivity contribution < 1.29 is 9.50 Å². The molecule has 4 heteroatoms. The van der Waals surface area contributed by atoms with Gasteiger partial charge in [-0.3, -0.25) is 0 Å². The van der Waals surface area contributed by atoms with Crippen LogP contribution < -0.4 is 5.32 Å². The summed E-state index contributed by atoms with van der Waals surface area (Å²) in [7, 11) is 0. The third-order valence-corrected chi connectivity index (χ3v) is 3.28. The molecule has 2 nitrogen and oxygen atoms in total. The first-order valence-electron chi connectivity index (χ1n) is 6.02. The maximum absolute atomic E-state index is 13.1. The second kappa shape index (κ2) is 6.04. The minimum atomic E-state index is -0.237. The monoisotopic (exact) mass is 279 g/mol. The maximum Gasteiger partial charge on any atom is 0.134 e. The number of nitrogens with one attached hydrogen (secondary N) is 1. The molecule has 0 aliphatic carbocycles. The summed E-state index contributed by atoms with van der Waals surface area (Å²) < 4.78 is 13.1. The average molecular weight is 280 g/mol. The van der Waals surface area contributed by atoms with Gasteiger partial charge in [-0.15, -0.1) is 0 Å². The highest BCUT2D eigenvalue weighted by Gasteiger charge is 2.06. The molecule has 0 bridgehead atoms. The van der Waals surface area contributed by atoms with Gasteiger partial charge in [0.15, 0.2) is 0 Å². The van der Waals surface area contributed by atoms with E-state index in [4.69, 9.17) is 11.6 Å². The zero-order valence-electron chi connectivity index (χ0n) is 10.5. The molecule has 0 aromatic heterocycles. The van der Waals surface area contributed by atoms with Crippen molar-refractivity contribution >= 4 is 11.6 Å². The lowest BCUT2D eigenvalue weighted by Gasteiger charge is -2.14. The van der Waals surface area contributed by atoms with Crippen LogP contribution in [0, 0.1) is 5.82 Å². The molecule has 0 aliphatic heterocycles. The van der Waals surface area contributed by atoms with E-state index in [1.807, 2.05) is 13.0 Å². The van der Waals surface area contributed by atoms with Crippen LogP contribution >= 0.6 is 11.6 Å². The Hall–Kier alpha value is -1.58. The topological polar surface area (TPSA) is 32.3 Å². The number of hydrogen-bond donors (Lipinski definition) is 2. The van der Waals surface area contributed by atoms with Crippen LogP contribution in [0.3, 0.4) is 0 Å². The molecule has 1 atom stereocenters. The molecule has 0 saturated heterocycles. The van der Waals surface area contributed by atoms with Crippen LogP contribution in [0.2, 0.25) is 5.02 Å². The summed E-state index contributed by atoms with van der Waals surface area (Å²) in [6.45, 7) is 2.56. The quantitative estimate of drug-likeness (QED) is 0.885. The SMILES string of the molecule is CC(NCc1ccc(O)c(Cl)c1)c1cccc(F)c1. The van der Waals surface area contributed by atoms with Crippen molar-refractivity contribution in [1.82, 2.24) is 5.32 Å². The number of phenolic OH excluding ortho intramolecular Hbond substituents is 1. The number of hydrogen-bond acceptors (Lipinski definition) is 2. The molecule has 0 saturated carbocycles. The van der Waals surface area contributed by atoms with Gasteiger partial charge in [-0.2, -0.15) is 0 Å². The van der Waals surface area contributed by atoms with Crippen molar-refractivity contribution in [3.8, 4) is 5.75 Å². The second-order valence-corrected chi connectivity index (χ2v) is 4.85. The fourth-order valence-corrected chi connectivity index (χ4v) is 2.03. The summed E-state index contributed by atoms with van der Waals surface area (Å²) >= 11 is 5.84. The molecule has 0 spiro atoms. The zero-order valence-corrected chi connectivity index (χ0v) is 11.3. The summed E-state index contributed by atoms with van der Waals surface area (Å²) in [5.74, 6) is -0.164. The number of rotatable bonds is 4. The van der Waals surface area contributed by atoms with Gasteiger partial charge in [-0.25, -0.2) is 4.39 Å². The third kappa shape index (κ3) is 3.69. The summed E-state index contributed by atoms with van der Waals surface area (Å²) in [6.07, 6.45) is 0. The Morgan fingerprint density at radius 1 is 1.26 bits per heavy atom. The molecule has 0 heterocycles. The predicted molar refractivity (Wildman–Crippen MR) is 74.8 cm³/mol. The van der Waals surface area contributed by atoms with E-state index in [-0.39, 0.29) is 17.6 Å². The number of phenols is 1. The van der Waals surface area contributed by atoms with Gasteiger partial charge in [0.25, 0.3) is 0 Å². The molecule has 2 N–H and O–H groups in total. The van der Waals surface area contributed by atoms with Crippen LogP contribution in [0.1, 0.15) is 24.1 Å². The summed E-state index contributed by atoms with van der Waals surface area (Å²) in [5, 5.41) is 12.9. The standard InChI is InChI=1S/C15H15ClFNO/c1-10(12-3-2-4-13(17)8-12)18-9-11-5-6-15(19)14(16)7-11/h2-8,10,18-19H,9H2,1H3. The van der Waals surface area contributed by atoms with Gasteiger partial charge in [-0.1, -0.05) is 29.8 Å². The number of halogens is 2. The maximum atomic E-state index is 13.1. The largest absolute Gasteiger partial charge is 0.506 e. The van der Waals surface area contributed by atoms with Gasteiger partial charge in [0.2, 0.25) is 0 Å². The molecule has 100 valence electrons. The smallest absolute Gasteiger partial charge is 0.134 e. The van der Waals surface area contributed by atoms with Crippen LogP contribution in [0.25, 0.3) is 0 Å². The van der Waals surface area contributed by atoms with Gasteiger partial charge in [0, 0.05) is 12.6 Å². The van der Waals surface area contributed by atoms with Gasteiger partial charge >= 0.3 is 0 Å². The van der Waals surface area contributed by atoms with E-state index < -0.39 is 0 Å². The Bertz CT molecular complexity index is 574. The van der Waals surface area contributed by atoms with Crippen molar-refractivity contribution in [2.75, 3.05) is 0 Å². The lowest BCUT2D eigenvalue weighted by molar-refractivity contribution is 0.475. The zero-order chi connectivity index (χ0) is 13.8. The Morgan fingerprint density at radius 3 is 2.74 bits per heavy atom. The van der Waals surface area contributed by atoms with Crippen molar-refractivity contribution in [1.29, 1.82) is 0 Å². The van der Waals surface area contributed by atoms with Crippen LogP contribution in [0.15, 0.2) is 42.5 Å². The van der Waals surface area contributed by atoms with Gasteiger partial charge < -0.3 is 10.4 Å². The molecule has 1 unspecified atom stereocenters. The molecule has 0 amide bonds. The van der Waals surface area contributed by atoms with E-state index in [0.29, 0.717) is 11.6 Å². The highest BCUT2D eigenvalue weighted by Crippen LogP contribution is 2.24. The Kier molecular flexibility index (Phi) is 4.40. The van der Waals surface area contributed by atoms with Gasteiger partial charge in [0.05, 0.1) is 5.02 Å². The van der Waals surface area contributed by atoms with Crippen molar-refractivity contribution in [2.45, 2.75) is 19.5 Å². The predicted octanol–water partition coefficient (Wildman–Crippen LogP) is 4.04. The first-order valence-corrected chi connectivity index (χ1v) is 6.40. The molecule has 0 aliphatic rings. The number of benzene rings is 2. The fraction of sp³-hybridized carbons (Fsp3) is 0.200. The van der Waals surface area contributed by atoms with E-state index >= 15 is 0 Å². The van der Waals surface area contributed by atoms with E-state index in [2.05, 4.69) is 5.32 Å². The Labute approximate surface area is 116 Å². The van der Waals surface area contributed by atoms with E-state index in [9.17, 15) is 9.50 Å². The van der Waals surface area contributed by atoms with Crippen molar-refractivity contribution in [2.24, 2.45) is 0 Å². The minimum Gasteiger partial charge on any atom is -0.506 e. The first-order chi connectivity index (χ1) is 9.06. The van der Waals surface area contributed by atoms with Crippen molar-refractivity contribution in [3.05, 3.63) is 64.4 Å². The molecular weight excluding hydrogens is 265 g/mol. The summed E-state index contributed by atoms with van der Waals surface area (Å²) in [4.78, 5) is 0. The summed E-state index contributed by atoms with van der Waals surface area (Å²) in [5.41, 5.74) is 1.86. The van der Waals surface area contributed by atoms with Crippen LogP contribution in [-0.2, 0) is 6.54 Å². The summed E-state index contributed by atoms with van der Waals surface area (Å²) in [6, 6.07) is 11.6. The molecule has 19 heavy (non-hydrogen) atoms. The molecule has 2 aromatic carbocycles.